The average molecular weight is 414 g/mol. The molecule has 4 aliphatic rings. The molecule has 4 saturated carbocycles. The summed E-state index contributed by atoms with van der Waals surface area (Å²) in [6, 6.07) is 7.69. The van der Waals surface area contributed by atoms with Crippen molar-refractivity contribution in [1.29, 1.82) is 0 Å². The van der Waals surface area contributed by atoms with E-state index in [0.29, 0.717) is 26.1 Å². The van der Waals surface area contributed by atoms with Crippen LogP contribution in [0.2, 0.25) is 0 Å². The first-order valence-electron chi connectivity index (χ1n) is 11.5. The van der Waals surface area contributed by atoms with Crippen molar-refractivity contribution < 1.29 is 14.3 Å². The van der Waals surface area contributed by atoms with Gasteiger partial charge in [-0.15, -0.1) is 0 Å². The Morgan fingerprint density at radius 2 is 1.67 bits per heavy atom. The summed E-state index contributed by atoms with van der Waals surface area (Å²) in [6.45, 7) is 3.51. The number of hydrogen-bond acceptors (Lipinski definition) is 3. The lowest BCUT2D eigenvalue weighted by atomic mass is 9.53. The molecule has 164 valence electrons. The summed E-state index contributed by atoms with van der Waals surface area (Å²) in [5, 5.41) is 6.21. The number of nitrogens with one attached hydrogen (secondary N) is 2. The van der Waals surface area contributed by atoms with Gasteiger partial charge in [0.2, 0.25) is 5.91 Å². The van der Waals surface area contributed by atoms with Crippen LogP contribution in [-0.2, 0) is 11.3 Å². The largest absolute Gasteiger partial charge is 0.494 e. The summed E-state index contributed by atoms with van der Waals surface area (Å²) in [6.07, 6.45) is 7.79. The van der Waals surface area contributed by atoms with Crippen LogP contribution in [0.3, 0.4) is 0 Å². The normalized spacial score (nSPS) is 28.8. The number of nitrogens with zero attached hydrogens (tertiary/aromatic N) is 1. The smallest absolute Gasteiger partial charge is 0.315 e. The number of rotatable bonds is 8. The maximum absolute atomic E-state index is 12.5. The molecule has 3 amide bonds. The molecule has 4 fully saturated rings. The molecule has 6 nitrogen and oxygen atoms in total. The van der Waals surface area contributed by atoms with Crippen LogP contribution in [0.1, 0.15) is 57.4 Å². The highest BCUT2D eigenvalue weighted by Gasteiger charge is 2.51. The second-order valence-corrected chi connectivity index (χ2v) is 9.66. The number of ether oxygens (including phenoxy) is 1. The maximum atomic E-state index is 12.5. The van der Waals surface area contributed by atoms with E-state index in [9.17, 15) is 9.59 Å². The molecule has 6 heteroatoms. The van der Waals surface area contributed by atoms with Crippen molar-refractivity contribution in [3.05, 3.63) is 29.8 Å². The van der Waals surface area contributed by atoms with E-state index in [2.05, 4.69) is 10.6 Å². The zero-order valence-corrected chi connectivity index (χ0v) is 18.3. The fourth-order valence-corrected chi connectivity index (χ4v) is 6.24. The van der Waals surface area contributed by atoms with E-state index >= 15 is 0 Å². The minimum Gasteiger partial charge on any atom is -0.494 e. The third-order valence-electron chi connectivity index (χ3n) is 7.12. The lowest BCUT2D eigenvalue weighted by Gasteiger charge is -2.56. The molecular formula is C24H35N3O3. The fraction of sp³-hybridized carbons (Fsp3) is 0.667. The molecule has 0 heterocycles. The van der Waals surface area contributed by atoms with E-state index in [0.717, 1.165) is 48.3 Å². The number of benzene rings is 1. The predicted molar refractivity (Wildman–Crippen MR) is 116 cm³/mol. The highest BCUT2D eigenvalue weighted by atomic mass is 16.5. The van der Waals surface area contributed by atoms with Crippen LogP contribution in [0.5, 0.6) is 5.75 Å². The molecule has 4 bridgehead atoms. The van der Waals surface area contributed by atoms with E-state index in [1.807, 2.05) is 31.2 Å². The zero-order chi connectivity index (χ0) is 21.1. The fourth-order valence-electron chi connectivity index (χ4n) is 6.24. The third kappa shape index (κ3) is 4.90. The molecule has 4 aliphatic carbocycles. The van der Waals surface area contributed by atoms with Gasteiger partial charge in [-0.25, -0.2) is 4.79 Å². The van der Waals surface area contributed by atoms with E-state index in [1.54, 1.807) is 11.9 Å². The van der Waals surface area contributed by atoms with E-state index < -0.39 is 0 Å². The third-order valence-corrected chi connectivity index (χ3v) is 7.12. The van der Waals surface area contributed by atoms with Crippen molar-refractivity contribution in [1.82, 2.24) is 15.5 Å². The van der Waals surface area contributed by atoms with Crippen LogP contribution in [-0.4, -0.2) is 42.6 Å². The van der Waals surface area contributed by atoms with Gasteiger partial charge in [-0.05, 0) is 80.9 Å². The Bertz CT molecular complexity index is 726. The van der Waals surface area contributed by atoms with Crippen LogP contribution in [0.15, 0.2) is 24.3 Å². The quantitative estimate of drug-likeness (QED) is 0.683. The summed E-state index contributed by atoms with van der Waals surface area (Å²) in [5.74, 6) is 3.27. The summed E-state index contributed by atoms with van der Waals surface area (Å²) in [7, 11) is 1.80. The Labute approximate surface area is 179 Å². The van der Waals surface area contributed by atoms with Gasteiger partial charge in [-0.1, -0.05) is 12.1 Å². The topological polar surface area (TPSA) is 70.7 Å². The van der Waals surface area contributed by atoms with Crippen molar-refractivity contribution in [2.45, 2.75) is 64.0 Å². The summed E-state index contributed by atoms with van der Waals surface area (Å²) in [4.78, 5) is 26.6. The van der Waals surface area contributed by atoms with Gasteiger partial charge in [0, 0.05) is 32.1 Å². The van der Waals surface area contributed by atoms with E-state index in [1.165, 1.54) is 19.3 Å². The summed E-state index contributed by atoms with van der Waals surface area (Å²) < 4.78 is 5.45. The molecule has 0 radical (unpaired) electrons. The molecule has 0 aromatic heterocycles. The van der Waals surface area contributed by atoms with Crippen LogP contribution in [0, 0.1) is 17.8 Å². The first-order chi connectivity index (χ1) is 14.4. The molecule has 0 unspecified atom stereocenters. The second kappa shape index (κ2) is 8.86. The van der Waals surface area contributed by atoms with E-state index in [-0.39, 0.29) is 17.5 Å². The zero-order valence-electron chi connectivity index (χ0n) is 18.3. The standard InChI is InChI=1S/C24H35N3O3/c1-3-30-21-6-4-17(5-7-21)16-27(2)22(28)8-9-25-23(29)26-24-13-18-10-19(14-24)12-20(11-18)15-24/h4-7,18-20H,3,8-16H2,1-2H3,(H2,25,26,29). The van der Waals surface area contributed by atoms with Crippen molar-refractivity contribution in [3.63, 3.8) is 0 Å². The van der Waals surface area contributed by atoms with Gasteiger partial charge in [0.05, 0.1) is 6.61 Å². The minimum absolute atomic E-state index is 0.00723. The average Bonchev–Trinajstić information content (AvgIpc) is 2.68. The Morgan fingerprint density at radius 1 is 1.07 bits per heavy atom. The van der Waals surface area contributed by atoms with Crippen LogP contribution in [0.25, 0.3) is 0 Å². The molecular weight excluding hydrogens is 378 g/mol. The van der Waals surface area contributed by atoms with Gasteiger partial charge in [-0.2, -0.15) is 0 Å². The Morgan fingerprint density at radius 3 is 2.23 bits per heavy atom. The SMILES string of the molecule is CCOc1ccc(CN(C)C(=O)CCNC(=O)NC23CC4CC(CC(C4)C2)C3)cc1. The Balaban J connectivity index is 1.18. The summed E-state index contributed by atoms with van der Waals surface area (Å²) >= 11 is 0. The number of amides is 3. The number of urea groups is 1. The number of hydrogen-bond donors (Lipinski definition) is 2. The molecule has 0 atom stereocenters. The highest BCUT2D eigenvalue weighted by Crippen LogP contribution is 2.55. The maximum Gasteiger partial charge on any atom is 0.315 e. The van der Waals surface area contributed by atoms with Gasteiger partial charge >= 0.3 is 6.03 Å². The minimum atomic E-state index is -0.112. The molecule has 30 heavy (non-hydrogen) atoms. The molecule has 2 N–H and O–H groups in total. The van der Waals surface area contributed by atoms with Crippen molar-refractivity contribution >= 4 is 11.9 Å². The molecule has 5 rings (SSSR count). The Kier molecular flexibility index (Phi) is 6.21. The number of carbonyl (C=O) groups excluding carboxylic acids is 2. The molecule has 0 aliphatic heterocycles. The highest BCUT2D eigenvalue weighted by molar-refractivity contribution is 5.78. The number of carbonyl (C=O) groups is 2. The first-order valence-corrected chi connectivity index (χ1v) is 11.5. The van der Waals surface area contributed by atoms with E-state index in [4.69, 9.17) is 4.74 Å². The molecule has 0 saturated heterocycles. The van der Waals surface area contributed by atoms with Crippen molar-refractivity contribution in [3.8, 4) is 5.75 Å². The van der Waals surface area contributed by atoms with Crippen LogP contribution >= 0.6 is 0 Å². The predicted octanol–water partition coefficient (Wildman–Crippen LogP) is 3.70. The van der Waals surface area contributed by atoms with Gasteiger partial charge in [-0.3, -0.25) is 4.79 Å². The second-order valence-electron chi connectivity index (χ2n) is 9.66. The van der Waals surface area contributed by atoms with Gasteiger partial charge in [0.15, 0.2) is 0 Å². The van der Waals surface area contributed by atoms with Gasteiger partial charge < -0.3 is 20.3 Å². The molecule has 1 aromatic carbocycles. The van der Waals surface area contributed by atoms with Crippen LogP contribution < -0.4 is 15.4 Å². The first kappa shape index (κ1) is 21.0. The van der Waals surface area contributed by atoms with Gasteiger partial charge in [0.1, 0.15) is 5.75 Å². The van der Waals surface area contributed by atoms with Gasteiger partial charge in [0.25, 0.3) is 0 Å². The van der Waals surface area contributed by atoms with Crippen molar-refractivity contribution in [2.24, 2.45) is 17.8 Å². The lowest BCUT2D eigenvalue weighted by molar-refractivity contribution is -0.130. The lowest BCUT2D eigenvalue weighted by Crippen LogP contribution is -2.61. The monoisotopic (exact) mass is 413 g/mol. The van der Waals surface area contributed by atoms with Crippen LogP contribution in [0.4, 0.5) is 4.79 Å². The summed E-state index contributed by atoms with van der Waals surface area (Å²) in [5.41, 5.74) is 1.06. The molecule has 0 spiro atoms. The molecule has 1 aromatic rings. The van der Waals surface area contributed by atoms with Crippen molar-refractivity contribution in [2.75, 3.05) is 20.2 Å². The Hall–Kier alpha value is -2.24.